The van der Waals surface area contributed by atoms with Gasteiger partial charge in [-0.1, -0.05) is 17.7 Å². The molecule has 2 aromatic rings. The lowest BCUT2D eigenvalue weighted by molar-refractivity contribution is 0.102. The number of nitrogens with one attached hydrogen (secondary N) is 1. The van der Waals surface area contributed by atoms with E-state index in [0.29, 0.717) is 0 Å². The molecule has 34 heavy (non-hydrogen) atoms. The second-order valence-electron chi connectivity index (χ2n) is 8.14. The molecule has 1 aromatic carbocycles. The third kappa shape index (κ3) is 5.50. The van der Waals surface area contributed by atoms with Crippen molar-refractivity contribution in [3.8, 4) is 18.2 Å². The zero-order chi connectivity index (χ0) is 25.3. The molecular formula is C21H18B2F3N5O2S. The Morgan fingerprint density at radius 1 is 1.35 bits per heavy atom. The minimum absolute atomic E-state index is 0.0456. The Balaban J connectivity index is 1.88. The highest BCUT2D eigenvalue weighted by Gasteiger charge is 2.44. The highest BCUT2D eigenvalue weighted by Crippen LogP contribution is 2.46. The number of alkyl halides is 1. The number of thioether (sulfide) groups is 1. The summed E-state index contributed by atoms with van der Waals surface area (Å²) in [5, 5.41) is 0.546. The molecule has 4 radical (unpaired) electrons. The van der Waals surface area contributed by atoms with E-state index in [0.717, 1.165) is 30.2 Å². The van der Waals surface area contributed by atoms with E-state index >= 15 is 0 Å². The number of ether oxygens (including phenoxy) is 1. The van der Waals surface area contributed by atoms with Gasteiger partial charge in [-0.2, -0.15) is 0 Å². The smallest absolute Gasteiger partial charge is 0.275 e. The Kier molecular flexibility index (Phi) is 6.94. The fourth-order valence-corrected chi connectivity index (χ4v) is 4.65. The molecule has 3 N–H and O–H groups in total. The number of aliphatic imine (C=N–C) groups is 1. The predicted molar refractivity (Wildman–Crippen MR) is 126 cm³/mol. The van der Waals surface area contributed by atoms with E-state index in [1.807, 2.05) is 5.92 Å². The van der Waals surface area contributed by atoms with Crippen molar-refractivity contribution in [1.29, 1.82) is 0 Å². The second-order valence-corrected chi connectivity index (χ2v) is 9.75. The lowest BCUT2D eigenvalue weighted by Gasteiger charge is -2.39. The van der Waals surface area contributed by atoms with Crippen LogP contribution in [0.1, 0.15) is 36.3 Å². The molecule has 0 fully saturated rings. The number of hydrogen-bond acceptors (Lipinski definition) is 7. The predicted octanol–water partition coefficient (Wildman–Crippen LogP) is 2.40. The van der Waals surface area contributed by atoms with Crippen LogP contribution in [0, 0.1) is 24.0 Å². The van der Waals surface area contributed by atoms with E-state index < -0.39 is 39.9 Å². The van der Waals surface area contributed by atoms with E-state index in [9.17, 15) is 18.0 Å². The minimum atomic E-state index is -1.92. The average molecular weight is 483 g/mol. The van der Waals surface area contributed by atoms with Crippen LogP contribution in [-0.4, -0.2) is 53.6 Å². The van der Waals surface area contributed by atoms with Crippen molar-refractivity contribution < 1.29 is 22.7 Å². The molecule has 0 bridgehead atoms. The van der Waals surface area contributed by atoms with E-state index in [1.165, 1.54) is 13.0 Å². The van der Waals surface area contributed by atoms with Gasteiger partial charge in [-0.15, -0.1) is 6.42 Å². The summed E-state index contributed by atoms with van der Waals surface area (Å²) in [6.45, 7) is 2.39. The normalized spacial score (nSPS) is 22.4. The third-order valence-corrected chi connectivity index (χ3v) is 5.98. The summed E-state index contributed by atoms with van der Waals surface area (Å²) in [6.07, 6.45) is 7.28. The van der Waals surface area contributed by atoms with Gasteiger partial charge in [-0.3, -0.25) is 9.79 Å². The lowest BCUT2D eigenvalue weighted by Crippen LogP contribution is -2.42. The summed E-state index contributed by atoms with van der Waals surface area (Å²) in [5.41, 5.74) is 4.05. The maximum atomic E-state index is 14.8. The molecule has 2 heterocycles. The number of carbonyl (C=O) groups is 1. The molecule has 1 aromatic heterocycles. The first kappa shape index (κ1) is 25.5. The van der Waals surface area contributed by atoms with E-state index in [2.05, 4.69) is 20.3 Å². The van der Waals surface area contributed by atoms with Crippen LogP contribution in [0.4, 0.5) is 18.9 Å². The first-order valence-corrected chi connectivity index (χ1v) is 10.6. The summed E-state index contributed by atoms with van der Waals surface area (Å²) < 4.78 is 47.0. The third-order valence-electron chi connectivity index (χ3n) is 4.93. The summed E-state index contributed by atoms with van der Waals surface area (Å²) in [7, 11) is 10.9. The van der Waals surface area contributed by atoms with Gasteiger partial charge in [0.05, 0.1) is 28.1 Å². The van der Waals surface area contributed by atoms with Gasteiger partial charge < -0.3 is 15.8 Å². The van der Waals surface area contributed by atoms with E-state index in [1.54, 1.807) is 6.92 Å². The molecule has 0 saturated carbocycles. The van der Waals surface area contributed by atoms with Gasteiger partial charge in [0.1, 0.15) is 28.1 Å². The van der Waals surface area contributed by atoms with E-state index in [4.69, 9.17) is 32.6 Å². The molecule has 0 spiro atoms. The fraction of sp³-hybridized carbons (Fsp3) is 0.333. The van der Waals surface area contributed by atoms with Gasteiger partial charge >= 0.3 is 0 Å². The number of aromatic nitrogens is 2. The van der Waals surface area contributed by atoms with Crippen molar-refractivity contribution in [1.82, 2.24) is 9.97 Å². The molecule has 0 saturated heterocycles. The fourth-order valence-electron chi connectivity index (χ4n) is 3.49. The molecular weight excluding hydrogens is 465 g/mol. The number of nitrogens with two attached hydrogens (primary N) is 1. The summed E-state index contributed by atoms with van der Waals surface area (Å²) in [5.74, 6) is -1.32. The maximum Gasteiger partial charge on any atom is 0.275 e. The van der Waals surface area contributed by atoms with Gasteiger partial charge in [0.25, 0.3) is 5.91 Å². The average Bonchev–Trinajstić information content (AvgIpc) is 2.75. The zero-order valence-corrected chi connectivity index (χ0v) is 19.0. The Morgan fingerprint density at radius 3 is 2.65 bits per heavy atom. The summed E-state index contributed by atoms with van der Waals surface area (Å²) in [4.78, 5) is 24.5. The highest BCUT2D eigenvalue weighted by molar-refractivity contribution is 8.15. The number of benzene rings is 1. The zero-order valence-electron chi connectivity index (χ0n) is 18.2. The first-order chi connectivity index (χ1) is 15.8. The Labute approximate surface area is 201 Å². The van der Waals surface area contributed by atoms with Crippen LogP contribution in [0.3, 0.4) is 0 Å². The number of hydrogen-bond donors (Lipinski definition) is 2. The topological polar surface area (TPSA) is 102 Å². The van der Waals surface area contributed by atoms with Crippen LogP contribution < -0.4 is 15.8 Å². The number of carbonyl (C=O) groups excluding carboxylic acids is 1. The SMILES string of the molecule is [B]C([B])(C#C)Oc1cnc(C(=O)Nc2cc(F)c(F)c([C@]3(C)C[C@](C)(CF)SC(N)=N3)c2)cn1. The minimum Gasteiger partial charge on any atom is -0.478 e. The van der Waals surface area contributed by atoms with Crippen LogP contribution >= 0.6 is 11.8 Å². The number of rotatable bonds is 6. The molecule has 13 heteroatoms. The monoisotopic (exact) mass is 483 g/mol. The van der Waals surface area contributed by atoms with Gasteiger partial charge in [0, 0.05) is 17.3 Å². The summed E-state index contributed by atoms with van der Waals surface area (Å²) >= 11 is 1.03. The van der Waals surface area contributed by atoms with Crippen LogP contribution in [0.15, 0.2) is 29.5 Å². The number of anilines is 1. The number of halogens is 3. The quantitative estimate of drug-likeness (QED) is 0.484. The molecule has 3 rings (SSSR count). The molecule has 1 aliphatic rings. The van der Waals surface area contributed by atoms with Crippen molar-refractivity contribution in [3.63, 3.8) is 0 Å². The maximum absolute atomic E-state index is 14.8. The van der Waals surface area contributed by atoms with Crippen molar-refractivity contribution in [3.05, 3.63) is 47.4 Å². The van der Waals surface area contributed by atoms with Crippen LogP contribution in [0.2, 0.25) is 0 Å². The Hall–Kier alpha value is -3.13. The molecule has 2 atom stereocenters. The molecule has 0 unspecified atom stereocenters. The van der Waals surface area contributed by atoms with Gasteiger partial charge in [0.15, 0.2) is 16.8 Å². The standard InChI is InChI=1S/C21H18B2F3N5O2S/c1-4-21(22,23)33-15-8-28-14(7-29-15)17(32)30-11-5-12(16(26)13(25)6-11)20(3)9-19(2,10-24)34-18(27)31-20/h1,5-8H,9-10H2,2-3H3,(H2,27,31)(H,30,32)/t19-,20+/m1/s1. The highest BCUT2D eigenvalue weighted by atomic mass is 32.2. The van der Waals surface area contributed by atoms with Gasteiger partial charge in [-0.25, -0.2) is 23.1 Å². The lowest BCUT2D eigenvalue weighted by atomic mass is 9.66. The van der Waals surface area contributed by atoms with Crippen LogP contribution in [0.25, 0.3) is 0 Å². The van der Waals surface area contributed by atoms with Crippen molar-refractivity contribution in [2.45, 2.75) is 36.0 Å². The van der Waals surface area contributed by atoms with E-state index in [-0.39, 0.29) is 34.4 Å². The Morgan fingerprint density at radius 2 is 2.06 bits per heavy atom. The van der Waals surface area contributed by atoms with Crippen molar-refractivity contribution in [2.75, 3.05) is 12.0 Å². The molecule has 0 aliphatic carbocycles. The molecule has 1 aliphatic heterocycles. The first-order valence-electron chi connectivity index (χ1n) is 9.77. The van der Waals surface area contributed by atoms with Gasteiger partial charge in [-0.05, 0) is 26.3 Å². The Bertz CT molecular complexity index is 1190. The number of terminal acetylenes is 1. The number of amides is 1. The van der Waals surface area contributed by atoms with Crippen molar-refractivity contribution in [2.24, 2.45) is 10.7 Å². The molecule has 172 valence electrons. The van der Waals surface area contributed by atoms with Crippen LogP contribution in [-0.2, 0) is 5.54 Å². The number of nitrogens with zero attached hydrogens (tertiary/aromatic N) is 3. The summed E-state index contributed by atoms with van der Waals surface area (Å²) in [6, 6.07) is 2.02. The number of amidine groups is 1. The molecule has 1 amide bonds. The van der Waals surface area contributed by atoms with Crippen molar-refractivity contribution >= 4 is 44.2 Å². The second kappa shape index (κ2) is 9.25. The molecule has 7 nitrogen and oxygen atoms in total. The largest absolute Gasteiger partial charge is 0.478 e. The van der Waals surface area contributed by atoms with Crippen LogP contribution in [0.5, 0.6) is 5.88 Å². The van der Waals surface area contributed by atoms with Gasteiger partial charge in [0.2, 0.25) is 5.88 Å².